The van der Waals surface area contributed by atoms with E-state index in [1.54, 1.807) is 11.0 Å². The Labute approximate surface area is 115 Å². The molecule has 102 valence electrons. The largest absolute Gasteiger partial charge is 0.306 e. The number of rotatable bonds is 5. The molecule has 4 nitrogen and oxygen atoms in total. The molecule has 1 aromatic carbocycles. The number of hydrogen-bond donors (Lipinski definition) is 1. The van der Waals surface area contributed by atoms with Gasteiger partial charge < -0.3 is 5.32 Å². The third kappa shape index (κ3) is 4.01. The van der Waals surface area contributed by atoms with Crippen LogP contribution >= 0.6 is 0 Å². The summed E-state index contributed by atoms with van der Waals surface area (Å²) in [4.78, 5) is 4.19. The highest BCUT2D eigenvalue weighted by molar-refractivity contribution is 6.88. The van der Waals surface area contributed by atoms with E-state index in [0.717, 1.165) is 12.4 Å². The summed E-state index contributed by atoms with van der Waals surface area (Å²) in [5.74, 6) is 0.834. The first kappa shape index (κ1) is 14.0. The van der Waals surface area contributed by atoms with E-state index in [0.29, 0.717) is 6.54 Å². The lowest BCUT2D eigenvalue weighted by molar-refractivity contribution is 0.649. The summed E-state index contributed by atoms with van der Waals surface area (Å²) in [7, 11) is 0.700. The molecule has 0 radical (unpaired) electrons. The SMILES string of the molecule is Cn1cnc(CNCc2ccc([Si](C)(C)C)cc2)n1. The quantitative estimate of drug-likeness (QED) is 0.843. The minimum atomic E-state index is -1.18. The van der Waals surface area contributed by atoms with Crippen LogP contribution in [0.1, 0.15) is 11.4 Å². The highest BCUT2D eigenvalue weighted by Gasteiger charge is 2.15. The molecule has 2 aromatic rings. The lowest BCUT2D eigenvalue weighted by Crippen LogP contribution is -2.37. The van der Waals surface area contributed by atoms with E-state index >= 15 is 0 Å². The Kier molecular flexibility index (Phi) is 4.16. The summed E-state index contributed by atoms with van der Waals surface area (Å²) >= 11 is 0. The summed E-state index contributed by atoms with van der Waals surface area (Å²) in [6.45, 7) is 8.66. The predicted molar refractivity (Wildman–Crippen MR) is 81.0 cm³/mol. The molecule has 1 aromatic heterocycles. The first-order chi connectivity index (χ1) is 8.95. The Balaban J connectivity index is 1.86. The van der Waals surface area contributed by atoms with Gasteiger partial charge in [-0.3, -0.25) is 4.68 Å². The molecule has 19 heavy (non-hydrogen) atoms. The topological polar surface area (TPSA) is 42.7 Å². The maximum absolute atomic E-state index is 4.24. The van der Waals surface area contributed by atoms with Gasteiger partial charge in [-0.05, 0) is 5.56 Å². The standard InChI is InChI=1S/C14H22N4Si/c1-18-11-16-14(17-18)10-15-9-12-5-7-13(8-6-12)19(2,3)4/h5-8,11,15H,9-10H2,1-4H3. The van der Waals surface area contributed by atoms with Gasteiger partial charge in [0.05, 0.1) is 14.6 Å². The van der Waals surface area contributed by atoms with Crippen molar-refractivity contribution >= 4 is 13.3 Å². The average Bonchev–Trinajstić information content (AvgIpc) is 2.75. The first-order valence-electron chi connectivity index (χ1n) is 6.60. The molecule has 2 rings (SSSR count). The molecule has 0 fully saturated rings. The van der Waals surface area contributed by atoms with Crippen molar-refractivity contribution in [2.75, 3.05) is 0 Å². The third-order valence-electron chi connectivity index (χ3n) is 3.08. The zero-order valence-electron chi connectivity index (χ0n) is 12.1. The number of nitrogens with one attached hydrogen (secondary N) is 1. The van der Waals surface area contributed by atoms with Gasteiger partial charge in [-0.2, -0.15) is 5.10 Å². The zero-order chi connectivity index (χ0) is 13.9. The van der Waals surface area contributed by atoms with Gasteiger partial charge in [-0.1, -0.05) is 49.1 Å². The van der Waals surface area contributed by atoms with Crippen LogP contribution < -0.4 is 10.5 Å². The maximum atomic E-state index is 4.24. The van der Waals surface area contributed by atoms with Gasteiger partial charge >= 0.3 is 0 Å². The van der Waals surface area contributed by atoms with E-state index in [1.165, 1.54) is 10.8 Å². The van der Waals surface area contributed by atoms with E-state index in [9.17, 15) is 0 Å². The highest BCUT2D eigenvalue weighted by atomic mass is 28.3. The Bertz CT molecular complexity index is 525. The van der Waals surface area contributed by atoms with Crippen LogP contribution in [0.4, 0.5) is 0 Å². The minimum Gasteiger partial charge on any atom is -0.306 e. The van der Waals surface area contributed by atoms with E-state index in [-0.39, 0.29) is 0 Å². The normalized spacial score (nSPS) is 11.8. The van der Waals surface area contributed by atoms with Gasteiger partial charge in [0.15, 0.2) is 5.82 Å². The van der Waals surface area contributed by atoms with Crippen LogP contribution in [0.3, 0.4) is 0 Å². The summed E-state index contributed by atoms with van der Waals surface area (Å²) in [5, 5.41) is 9.10. The minimum absolute atomic E-state index is 0.705. The van der Waals surface area contributed by atoms with Crippen molar-refractivity contribution in [3.8, 4) is 0 Å². The van der Waals surface area contributed by atoms with Crippen LogP contribution in [0.25, 0.3) is 0 Å². The van der Waals surface area contributed by atoms with E-state index in [2.05, 4.69) is 59.3 Å². The molecule has 1 heterocycles. The number of aromatic nitrogens is 3. The predicted octanol–water partition coefficient (Wildman–Crippen LogP) is 1.65. The lowest BCUT2D eigenvalue weighted by atomic mass is 10.2. The second-order valence-electron chi connectivity index (χ2n) is 5.88. The maximum Gasteiger partial charge on any atom is 0.164 e. The number of hydrogen-bond acceptors (Lipinski definition) is 3. The molecule has 0 aliphatic heterocycles. The van der Waals surface area contributed by atoms with Crippen LogP contribution in [0.2, 0.25) is 19.6 Å². The summed E-state index contributed by atoms with van der Waals surface area (Å²) in [5.41, 5.74) is 1.30. The summed E-state index contributed by atoms with van der Waals surface area (Å²) in [6, 6.07) is 8.96. The Morgan fingerprint density at radius 3 is 2.32 bits per heavy atom. The fraction of sp³-hybridized carbons (Fsp3) is 0.429. The Morgan fingerprint density at radius 2 is 1.79 bits per heavy atom. The van der Waals surface area contributed by atoms with Crippen molar-refractivity contribution in [1.29, 1.82) is 0 Å². The molecule has 0 spiro atoms. The third-order valence-corrected chi connectivity index (χ3v) is 5.14. The molecule has 5 heteroatoms. The van der Waals surface area contributed by atoms with Crippen LogP contribution in [-0.2, 0) is 20.1 Å². The zero-order valence-corrected chi connectivity index (χ0v) is 13.1. The Hall–Kier alpha value is -1.46. The summed E-state index contributed by atoms with van der Waals surface area (Å²) < 4.78 is 1.72. The molecule has 0 atom stereocenters. The molecule has 0 saturated carbocycles. The highest BCUT2D eigenvalue weighted by Crippen LogP contribution is 2.04. The van der Waals surface area contributed by atoms with Crippen LogP contribution in [0.15, 0.2) is 30.6 Å². The lowest BCUT2D eigenvalue weighted by Gasteiger charge is -2.16. The second kappa shape index (κ2) is 5.67. The molecule has 0 saturated heterocycles. The molecule has 0 bridgehead atoms. The molecular formula is C14H22N4Si. The van der Waals surface area contributed by atoms with Gasteiger partial charge in [0.25, 0.3) is 0 Å². The molecule has 1 N–H and O–H groups in total. The van der Waals surface area contributed by atoms with Crippen molar-refractivity contribution in [3.63, 3.8) is 0 Å². The molecule has 0 unspecified atom stereocenters. The van der Waals surface area contributed by atoms with Crippen molar-refractivity contribution in [2.45, 2.75) is 32.7 Å². The van der Waals surface area contributed by atoms with E-state index in [4.69, 9.17) is 0 Å². The molecular weight excluding hydrogens is 252 g/mol. The summed E-state index contributed by atoms with van der Waals surface area (Å²) in [6.07, 6.45) is 1.72. The fourth-order valence-corrected chi connectivity index (χ4v) is 3.07. The second-order valence-corrected chi connectivity index (χ2v) is 11.0. The van der Waals surface area contributed by atoms with E-state index < -0.39 is 8.07 Å². The molecule has 0 aliphatic carbocycles. The van der Waals surface area contributed by atoms with Crippen LogP contribution in [0, 0.1) is 0 Å². The number of nitrogens with zero attached hydrogens (tertiary/aromatic N) is 3. The van der Waals surface area contributed by atoms with Crippen molar-refractivity contribution in [3.05, 3.63) is 42.0 Å². The van der Waals surface area contributed by atoms with Gasteiger partial charge in [0.2, 0.25) is 0 Å². The van der Waals surface area contributed by atoms with Gasteiger partial charge in [0, 0.05) is 13.6 Å². The molecule has 0 aliphatic rings. The van der Waals surface area contributed by atoms with Crippen molar-refractivity contribution in [1.82, 2.24) is 20.1 Å². The monoisotopic (exact) mass is 274 g/mol. The van der Waals surface area contributed by atoms with Gasteiger partial charge in [-0.25, -0.2) is 4.98 Å². The van der Waals surface area contributed by atoms with E-state index in [1.807, 2.05) is 7.05 Å². The van der Waals surface area contributed by atoms with Gasteiger partial charge in [-0.15, -0.1) is 0 Å². The molecule has 0 amide bonds. The first-order valence-corrected chi connectivity index (χ1v) is 10.1. The average molecular weight is 274 g/mol. The van der Waals surface area contributed by atoms with Crippen LogP contribution in [-0.4, -0.2) is 22.8 Å². The number of aryl methyl sites for hydroxylation is 1. The Morgan fingerprint density at radius 1 is 1.11 bits per heavy atom. The van der Waals surface area contributed by atoms with Crippen molar-refractivity contribution < 1.29 is 0 Å². The van der Waals surface area contributed by atoms with Crippen LogP contribution in [0.5, 0.6) is 0 Å². The fourth-order valence-electron chi connectivity index (χ4n) is 1.91. The smallest absolute Gasteiger partial charge is 0.164 e. The van der Waals surface area contributed by atoms with Gasteiger partial charge in [0.1, 0.15) is 6.33 Å². The number of benzene rings is 1. The van der Waals surface area contributed by atoms with Crippen molar-refractivity contribution in [2.24, 2.45) is 7.05 Å².